The van der Waals surface area contributed by atoms with Crippen LogP contribution in [-0.4, -0.2) is 36.8 Å². The van der Waals surface area contributed by atoms with Gasteiger partial charge < -0.3 is 14.4 Å². The van der Waals surface area contributed by atoms with Gasteiger partial charge >= 0.3 is 6.09 Å². The van der Waals surface area contributed by atoms with Crippen LogP contribution in [0.4, 0.5) is 9.18 Å². The van der Waals surface area contributed by atoms with E-state index in [0.29, 0.717) is 18.5 Å². The molecule has 1 amide bonds. The highest BCUT2D eigenvalue weighted by molar-refractivity contribution is 6.30. The number of hydrogen-bond acceptors (Lipinski definition) is 3. The number of carbonyl (C=O) groups is 1. The highest BCUT2D eigenvalue weighted by Crippen LogP contribution is 2.38. The van der Waals surface area contributed by atoms with Crippen LogP contribution in [0, 0.1) is 5.82 Å². The number of hydrogen-bond donors (Lipinski definition) is 0. The van der Waals surface area contributed by atoms with Gasteiger partial charge in [-0.05, 0) is 26.8 Å². The smallest absolute Gasteiger partial charge is 0.410 e. The van der Waals surface area contributed by atoms with Crippen LogP contribution in [0.1, 0.15) is 32.8 Å². The molecule has 0 bridgehead atoms. The number of halogens is 2. The fraction of sp³-hybridized carbons (Fsp3) is 0.562. The lowest BCUT2D eigenvalue weighted by Crippen LogP contribution is -2.39. The van der Waals surface area contributed by atoms with E-state index in [1.165, 1.54) is 18.1 Å². The van der Waals surface area contributed by atoms with E-state index in [-0.39, 0.29) is 11.6 Å². The summed E-state index contributed by atoms with van der Waals surface area (Å²) in [6.07, 6.45) is 0.0638. The molecule has 122 valence electrons. The zero-order chi connectivity index (χ0) is 16.5. The first-order valence-electron chi connectivity index (χ1n) is 7.16. The number of carbonyl (C=O) groups excluding carboxylic acids is 1. The largest absolute Gasteiger partial charge is 0.444 e. The molecule has 0 N–H and O–H groups in total. The summed E-state index contributed by atoms with van der Waals surface area (Å²) >= 11 is 5.86. The van der Waals surface area contributed by atoms with Gasteiger partial charge in [-0.2, -0.15) is 0 Å². The fourth-order valence-corrected chi connectivity index (χ4v) is 2.79. The topological polar surface area (TPSA) is 38.8 Å². The Bertz CT molecular complexity index is 573. The van der Waals surface area contributed by atoms with Gasteiger partial charge in [0.25, 0.3) is 0 Å². The third kappa shape index (κ3) is 3.36. The summed E-state index contributed by atoms with van der Waals surface area (Å²) in [4.78, 5) is 13.7. The molecule has 4 nitrogen and oxygen atoms in total. The van der Waals surface area contributed by atoms with E-state index in [0.717, 1.165) is 0 Å². The van der Waals surface area contributed by atoms with Gasteiger partial charge in [0.05, 0.1) is 11.6 Å². The second kappa shape index (κ2) is 6.05. The van der Waals surface area contributed by atoms with Gasteiger partial charge in [0, 0.05) is 25.6 Å². The van der Waals surface area contributed by atoms with Gasteiger partial charge in [-0.3, -0.25) is 0 Å². The molecule has 0 radical (unpaired) electrons. The van der Waals surface area contributed by atoms with Crippen molar-refractivity contribution in [3.8, 4) is 0 Å². The van der Waals surface area contributed by atoms with Gasteiger partial charge in [-0.1, -0.05) is 23.7 Å². The summed E-state index contributed by atoms with van der Waals surface area (Å²) < 4.78 is 25.3. The molecule has 6 heteroatoms. The van der Waals surface area contributed by atoms with Gasteiger partial charge in [0.1, 0.15) is 17.0 Å². The minimum atomic E-state index is -0.897. The maximum Gasteiger partial charge on any atom is 0.410 e. The number of methoxy groups -OCH3 is 1. The van der Waals surface area contributed by atoms with Crippen molar-refractivity contribution in [2.75, 3.05) is 20.2 Å². The first kappa shape index (κ1) is 17.0. The zero-order valence-corrected chi connectivity index (χ0v) is 14.0. The van der Waals surface area contributed by atoms with Gasteiger partial charge in [0.2, 0.25) is 0 Å². The molecule has 0 aliphatic carbocycles. The number of nitrogens with zero attached hydrogens (tertiary/aromatic N) is 1. The molecule has 1 aliphatic rings. The molecule has 22 heavy (non-hydrogen) atoms. The molecule has 1 heterocycles. The van der Waals surface area contributed by atoms with Gasteiger partial charge in [0.15, 0.2) is 0 Å². The Hall–Kier alpha value is -1.33. The highest BCUT2D eigenvalue weighted by Gasteiger charge is 2.44. The van der Waals surface area contributed by atoms with Crippen molar-refractivity contribution in [1.82, 2.24) is 4.90 Å². The Morgan fingerprint density at radius 2 is 2.09 bits per heavy atom. The second-order valence-electron chi connectivity index (χ2n) is 6.45. The molecule has 1 aromatic carbocycles. The van der Waals surface area contributed by atoms with Crippen molar-refractivity contribution < 1.29 is 18.7 Å². The predicted octanol–water partition coefficient (Wildman–Crippen LogP) is 3.96. The minimum absolute atomic E-state index is 0.0460. The van der Waals surface area contributed by atoms with Crippen LogP contribution in [0.15, 0.2) is 18.2 Å². The summed E-state index contributed by atoms with van der Waals surface area (Å²) in [7, 11) is 1.51. The number of likely N-dealkylation sites (tertiary alicyclic amines) is 1. The molecular weight excluding hydrogens is 309 g/mol. The maximum atomic E-state index is 14.3. The number of amides is 1. The van der Waals surface area contributed by atoms with Crippen LogP contribution in [-0.2, 0) is 15.1 Å². The number of rotatable bonds is 2. The zero-order valence-electron chi connectivity index (χ0n) is 13.3. The summed E-state index contributed by atoms with van der Waals surface area (Å²) in [6.45, 7) is 6.09. The Kier molecular flexibility index (Phi) is 4.68. The van der Waals surface area contributed by atoms with Crippen molar-refractivity contribution in [1.29, 1.82) is 0 Å². The third-order valence-corrected chi connectivity index (χ3v) is 4.01. The highest BCUT2D eigenvalue weighted by atomic mass is 35.5. The SMILES string of the molecule is CO[C@]1(c2cccc(Cl)c2F)CCN(C(=O)OC(C)(C)C)C1. The van der Waals surface area contributed by atoms with Crippen molar-refractivity contribution >= 4 is 17.7 Å². The normalized spacial score (nSPS) is 22.0. The molecule has 1 aliphatic heterocycles. The Morgan fingerprint density at radius 3 is 2.68 bits per heavy atom. The minimum Gasteiger partial charge on any atom is -0.444 e. The van der Waals surface area contributed by atoms with Crippen LogP contribution in [0.3, 0.4) is 0 Å². The average molecular weight is 330 g/mol. The number of benzene rings is 1. The quantitative estimate of drug-likeness (QED) is 0.824. The van der Waals surface area contributed by atoms with Crippen LogP contribution in [0.5, 0.6) is 0 Å². The van der Waals surface area contributed by atoms with E-state index in [2.05, 4.69) is 0 Å². The number of ether oxygens (including phenoxy) is 2. The van der Waals surface area contributed by atoms with Crippen molar-refractivity contribution in [3.05, 3.63) is 34.6 Å². The summed E-state index contributed by atoms with van der Waals surface area (Å²) in [5, 5.41) is 0.0460. The van der Waals surface area contributed by atoms with Crippen molar-refractivity contribution in [2.45, 2.75) is 38.4 Å². The Labute approximate surface area is 135 Å². The summed E-state index contributed by atoms with van der Waals surface area (Å²) in [5.41, 5.74) is -1.10. The van der Waals surface area contributed by atoms with Crippen LogP contribution in [0.25, 0.3) is 0 Å². The van der Waals surface area contributed by atoms with Gasteiger partial charge in [-0.15, -0.1) is 0 Å². The maximum absolute atomic E-state index is 14.3. The Balaban J connectivity index is 2.24. The second-order valence-corrected chi connectivity index (χ2v) is 6.86. The standard InChI is InChI=1S/C16H21ClFNO3/c1-15(2,3)22-14(20)19-9-8-16(10-19,21-4)11-6-5-7-12(17)13(11)18/h5-7H,8-10H2,1-4H3/t16-/m1/s1. The summed E-state index contributed by atoms with van der Waals surface area (Å²) in [5.74, 6) is -0.503. The fourth-order valence-electron chi connectivity index (χ4n) is 2.62. The molecule has 0 aromatic heterocycles. The molecule has 1 atom stereocenters. The van der Waals surface area contributed by atoms with E-state index < -0.39 is 23.1 Å². The summed E-state index contributed by atoms with van der Waals surface area (Å²) in [6, 6.07) is 4.81. The molecule has 2 rings (SSSR count). The Morgan fingerprint density at radius 1 is 1.41 bits per heavy atom. The molecule has 0 unspecified atom stereocenters. The van der Waals surface area contributed by atoms with E-state index in [1.54, 1.807) is 32.9 Å². The van der Waals surface area contributed by atoms with E-state index in [1.807, 2.05) is 0 Å². The molecule has 1 saturated heterocycles. The van der Waals surface area contributed by atoms with Crippen LogP contribution < -0.4 is 0 Å². The van der Waals surface area contributed by atoms with E-state index >= 15 is 0 Å². The lowest BCUT2D eigenvalue weighted by molar-refractivity contribution is -0.0152. The molecular formula is C16H21ClFNO3. The van der Waals surface area contributed by atoms with Crippen molar-refractivity contribution in [2.24, 2.45) is 0 Å². The third-order valence-electron chi connectivity index (χ3n) is 3.72. The first-order chi connectivity index (χ1) is 10.2. The average Bonchev–Trinajstić information content (AvgIpc) is 2.86. The lowest BCUT2D eigenvalue weighted by atomic mass is 9.92. The monoisotopic (exact) mass is 329 g/mol. The molecule has 0 saturated carbocycles. The molecule has 1 fully saturated rings. The first-order valence-corrected chi connectivity index (χ1v) is 7.54. The van der Waals surface area contributed by atoms with Gasteiger partial charge in [-0.25, -0.2) is 9.18 Å². The van der Waals surface area contributed by atoms with E-state index in [4.69, 9.17) is 21.1 Å². The molecule has 0 spiro atoms. The van der Waals surface area contributed by atoms with Crippen LogP contribution >= 0.6 is 11.6 Å². The van der Waals surface area contributed by atoms with Crippen molar-refractivity contribution in [3.63, 3.8) is 0 Å². The predicted molar refractivity (Wildman–Crippen MR) is 82.5 cm³/mol. The molecule has 1 aromatic rings. The lowest BCUT2D eigenvalue weighted by Gasteiger charge is -2.30. The van der Waals surface area contributed by atoms with E-state index in [9.17, 15) is 9.18 Å². The van der Waals surface area contributed by atoms with Crippen LogP contribution in [0.2, 0.25) is 5.02 Å².